The van der Waals surface area contributed by atoms with Gasteiger partial charge in [0.25, 0.3) is 5.91 Å². The summed E-state index contributed by atoms with van der Waals surface area (Å²) >= 11 is 0. The Kier molecular flexibility index (Phi) is 7.70. The maximum absolute atomic E-state index is 13.0. The smallest absolute Gasteiger partial charge is 0.426 e. The second kappa shape index (κ2) is 11.5. The summed E-state index contributed by atoms with van der Waals surface area (Å²) in [6.07, 6.45) is -1.39. The molecule has 0 bridgehead atoms. The lowest BCUT2D eigenvalue weighted by Crippen LogP contribution is -2.53. The SMILES string of the molecule is O=C(NC1=N[C@@H](Cc2ccccc2)C(=O)N1NC(=O)OCc1ccccc1)OCc1ccccc1. The van der Waals surface area contributed by atoms with Crippen LogP contribution in [0.4, 0.5) is 9.59 Å². The van der Waals surface area contributed by atoms with Gasteiger partial charge in [-0.25, -0.2) is 20.0 Å². The van der Waals surface area contributed by atoms with Crippen LogP contribution < -0.4 is 10.7 Å². The van der Waals surface area contributed by atoms with Crippen molar-refractivity contribution in [2.75, 3.05) is 0 Å². The highest BCUT2D eigenvalue weighted by Crippen LogP contribution is 2.15. The number of benzene rings is 3. The molecule has 178 valence electrons. The first-order valence-corrected chi connectivity index (χ1v) is 11.0. The van der Waals surface area contributed by atoms with Gasteiger partial charge in [-0.1, -0.05) is 91.0 Å². The molecular formula is C26H24N4O5. The normalized spacial score (nSPS) is 14.7. The number of hydrogen-bond acceptors (Lipinski definition) is 6. The first kappa shape index (κ1) is 23.5. The molecule has 0 fully saturated rings. The minimum absolute atomic E-state index is 0.0150. The van der Waals surface area contributed by atoms with Crippen LogP contribution in [0.1, 0.15) is 16.7 Å². The topological polar surface area (TPSA) is 109 Å². The number of alkyl carbamates (subject to hydrolysis) is 1. The number of amides is 3. The van der Waals surface area contributed by atoms with Crippen LogP contribution >= 0.6 is 0 Å². The monoisotopic (exact) mass is 472 g/mol. The summed E-state index contributed by atoms with van der Waals surface area (Å²) in [5.41, 5.74) is 4.83. The highest BCUT2D eigenvalue weighted by molar-refractivity contribution is 6.09. The van der Waals surface area contributed by atoms with E-state index in [2.05, 4.69) is 15.7 Å². The zero-order chi connectivity index (χ0) is 24.5. The van der Waals surface area contributed by atoms with Crippen LogP contribution in [0.2, 0.25) is 0 Å². The Balaban J connectivity index is 1.41. The first-order valence-electron chi connectivity index (χ1n) is 11.0. The average Bonchev–Trinajstić information content (AvgIpc) is 3.16. The standard InChI is InChI=1S/C26H24N4O5/c31-23-22(16-19-10-4-1-5-11-19)27-24(28-25(32)34-17-20-12-6-2-7-13-20)30(23)29-26(33)35-18-21-14-8-3-9-15-21/h1-15,22H,16-18H2,(H,29,33)(H,27,28,32)/t22-/m0/s1. The van der Waals surface area contributed by atoms with Crippen LogP contribution in [-0.4, -0.2) is 35.1 Å². The highest BCUT2D eigenvalue weighted by atomic mass is 16.6. The van der Waals surface area contributed by atoms with Crippen molar-refractivity contribution in [1.29, 1.82) is 0 Å². The Morgan fingerprint density at radius 2 is 1.23 bits per heavy atom. The van der Waals surface area contributed by atoms with Gasteiger partial charge < -0.3 is 9.47 Å². The molecule has 3 amide bonds. The summed E-state index contributed by atoms with van der Waals surface area (Å²) in [6.45, 7) is 0.0507. The Bertz CT molecular complexity index is 1190. The quantitative estimate of drug-likeness (QED) is 0.547. The van der Waals surface area contributed by atoms with E-state index in [1.807, 2.05) is 78.9 Å². The number of hydrazine groups is 1. The first-order chi connectivity index (χ1) is 17.1. The van der Waals surface area contributed by atoms with Gasteiger partial charge in [0.05, 0.1) is 0 Å². The molecule has 1 aliphatic heterocycles. The van der Waals surface area contributed by atoms with Gasteiger partial charge in [0, 0.05) is 6.42 Å². The number of carbonyl (C=O) groups excluding carboxylic acids is 3. The molecule has 0 aromatic heterocycles. The van der Waals surface area contributed by atoms with Gasteiger partial charge >= 0.3 is 12.2 Å². The van der Waals surface area contributed by atoms with Gasteiger partial charge in [-0.3, -0.25) is 10.1 Å². The van der Waals surface area contributed by atoms with Gasteiger partial charge in [-0.05, 0) is 16.7 Å². The zero-order valence-corrected chi connectivity index (χ0v) is 18.8. The van der Waals surface area contributed by atoms with Crippen molar-refractivity contribution in [3.8, 4) is 0 Å². The number of rotatable bonds is 7. The van der Waals surface area contributed by atoms with Crippen LogP contribution in [0.3, 0.4) is 0 Å². The number of aliphatic imine (C=N–C) groups is 1. The number of hydrogen-bond donors (Lipinski definition) is 2. The molecule has 9 heteroatoms. The van der Waals surface area contributed by atoms with Crippen LogP contribution in [0.5, 0.6) is 0 Å². The summed E-state index contributed by atoms with van der Waals surface area (Å²) < 4.78 is 10.4. The van der Waals surface area contributed by atoms with Crippen molar-refractivity contribution in [1.82, 2.24) is 15.8 Å². The fourth-order valence-corrected chi connectivity index (χ4v) is 3.38. The van der Waals surface area contributed by atoms with E-state index in [1.165, 1.54) is 0 Å². The van der Waals surface area contributed by atoms with Crippen molar-refractivity contribution < 1.29 is 23.9 Å². The van der Waals surface area contributed by atoms with Gasteiger partial charge in [-0.2, -0.15) is 5.01 Å². The van der Waals surface area contributed by atoms with Crippen molar-refractivity contribution in [3.63, 3.8) is 0 Å². The van der Waals surface area contributed by atoms with E-state index in [0.717, 1.165) is 21.7 Å². The van der Waals surface area contributed by atoms with Gasteiger partial charge in [0.15, 0.2) is 0 Å². The third-order valence-corrected chi connectivity index (χ3v) is 5.11. The van der Waals surface area contributed by atoms with E-state index in [-0.39, 0.29) is 19.2 Å². The molecule has 0 spiro atoms. The molecule has 9 nitrogen and oxygen atoms in total. The minimum atomic E-state index is -0.866. The number of guanidine groups is 1. The summed E-state index contributed by atoms with van der Waals surface area (Å²) in [6, 6.07) is 26.7. The summed E-state index contributed by atoms with van der Waals surface area (Å²) in [5, 5.41) is 3.33. The van der Waals surface area contributed by atoms with E-state index >= 15 is 0 Å². The van der Waals surface area contributed by atoms with E-state index in [1.54, 1.807) is 12.1 Å². The molecule has 1 atom stereocenters. The Morgan fingerprint density at radius 1 is 0.743 bits per heavy atom. The average molecular weight is 473 g/mol. The molecule has 1 heterocycles. The summed E-state index contributed by atoms with van der Waals surface area (Å²) in [7, 11) is 0. The molecule has 0 saturated heterocycles. The highest BCUT2D eigenvalue weighted by Gasteiger charge is 2.37. The van der Waals surface area contributed by atoms with Gasteiger partial charge in [0.2, 0.25) is 5.96 Å². The predicted molar refractivity (Wildman–Crippen MR) is 128 cm³/mol. The van der Waals surface area contributed by atoms with Crippen molar-refractivity contribution in [3.05, 3.63) is 108 Å². The fourth-order valence-electron chi connectivity index (χ4n) is 3.38. The van der Waals surface area contributed by atoms with E-state index < -0.39 is 24.1 Å². The largest absolute Gasteiger partial charge is 0.444 e. The second-order valence-corrected chi connectivity index (χ2v) is 7.69. The molecule has 2 N–H and O–H groups in total. The van der Waals surface area contributed by atoms with E-state index in [4.69, 9.17) is 9.47 Å². The lowest BCUT2D eigenvalue weighted by Gasteiger charge is -2.19. The molecule has 0 saturated carbocycles. The number of carbonyl (C=O) groups is 3. The van der Waals surface area contributed by atoms with Crippen LogP contribution in [0.15, 0.2) is 96.0 Å². The zero-order valence-electron chi connectivity index (χ0n) is 18.8. The van der Waals surface area contributed by atoms with Crippen LogP contribution in [0.25, 0.3) is 0 Å². The van der Waals surface area contributed by atoms with Crippen molar-refractivity contribution in [2.24, 2.45) is 4.99 Å². The Morgan fingerprint density at radius 3 is 1.77 bits per heavy atom. The van der Waals surface area contributed by atoms with Gasteiger partial charge in [-0.15, -0.1) is 0 Å². The lowest BCUT2D eigenvalue weighted by atomic mass is 10.1. The Hall–Kier alpha value is -4.66. The molecule has 1 aliphatic rings. The number of nitrogens with one attached hydrogen (secondary N) is 2. The van der Waals surface area contributed by atoms with Crippen LogP contribution in [0, 0.1) is 0 Å². The third-order valence-electron chi connectivity index (χ3n) is 5.11. The molecular weight excluding hydrogens is 448 g/mol. The summed E-state index contributed by atoms with van der Waals surface area (Å²) in [4.78, 5) is 42.2. The molecule has 4 rings (SSSR count). The molecule has 3 aromatic rings. The summed E-state index contributed by atoms with van der Waals surface area (Å²) in [5.74, 6) is -0.658. The molecule has 3 aromatic carbocycles. The van der Waals surface area contributed by atoms with Gasteiger partial charge in [0.1, 0.15) is 19.3 Å². The predicted octanol–water partition coefficient (Wildman–Crippen LogP) is 3.56. The molecule has 35 heavy (non-hydrogen) atoms. The Labute approximate surface area is 202 Å². The van der Waals surface area contributed by atoms with E-state index in [9.17, 15) is 14.4 Å². The fraction of sp³-hybridized carbons (Fsp3) is 0.154. The van der Waals surface area contributed by atoms with Crippen LogP contribution in [-0.2, 0) is 33.9 Å². The minimum Gasteiger partial charge on any atom is -0.444 e. The van der Waals surface area contributed by atoms with E-state index in [0.29, 0.717) is 6.42 Å². The maximum atomic E-state index is 13.0. The van der Waals surface area contributed by atoms with Crippen molar-refractivity contribution >= 4 is 24.1 Å². The second-order valence-electron chi connectivity index (χ2n) is 7.69. The lowest BCUT2D eigenvalue weighted by molar-refractivity contribution is -0.129. The number of ether oxygens (including phenoxy) is 2. The molecule has 0 aliphatic carbocycles. The molecule has 0 radical (unpaired) electrons. The molecule has 0 unspecified atom stereocenters. The maximum Gasteiger partial charge on any atom is 0.426 e. The number of nitrogens with zero attached hydrogens (tertiary/aromatic N) is 2. The van der Waals surface area contributed by atoms with Crippen molar-refractivity contribution in [2.45, 2.75) is 25.7 Å². The third kappa shape index (κ3) is 6.67.